The number of nitrogens with zero attached hydrogens (tertiary/aromatic N) is 4. The summed E-state index contributed by atoms with van der Waals surface area (Å²) < 4.78 is 43.1. The standard InChI is InChI=1S/C50H54F2N8O6/c1-24(2)39(57-47(63)65-6)45(61)59-23-49(16-17-49)26(5)41(59)43-53-22-38(56-43)29-10-14-33-32-13-9-27(19-34(32)50(51,52)35(33)20-29)28-11-15-36-37(21-28)55-44(54-36)42-30-8-12-31(18-30)60(42)46(62)40(25(3)4)58-48(64)66-7/h9-11,13-15,19-22,24-25,30-31,39-42H,5,8,12,16-18,23H2,1-4,6-7H3,(H,53,56)(H,54,55)(H,57,63)(H,58,64)/t30-,31+,39-,40-,41-,42?/m0/s1. The number of alkyl halides is 2. The van der Waals surface area contributed by atoms with E-state index in [1.165, 1.54) is 20.3 Å². The fourth-order valence-corrected chi connectivity index (χ4v) is 11.1. The zero-order chi connectivity index (χ0) is 46.6. The van der Waals surface area contributed by atoms with E-state index >= 15 is 8.78 Å². The van der Waals surface area contributed by atoms with Gasteiger partial charge in [-0.2, -0.15) is 8.78 Å². The number of fused-ring (bicyclic) bond motifs is 6. The highest BCUT2D eigenvalue weighted by atomic mass is 19.3. The Morgan fingerprint density at radius 2 is 1.41 bits per heavy atom. The lowest BCUT2D eigenvalue weighted by Gasteiger charge is -2.37. The summed E-state index contributed by atoms with van der Waals surface area (Å²) >= 11 is 0. The van der Waals surface area contributed by atoms with Crippen LogP contribution in [0.15, 0.2) is 72.9 Å². The largest absolute Gasteiger partial charge is 0.453 e. The number of hydrogen-bond acceptors (Lipinski definition) is 8. The molecular weight excluding hydrogens is 847 g/mol. The molecular formula is C50H54F2N8O6. The summed E-state index contributed by atoms with van der Waals surface area (Å²) in [6, 6.07) is 13.4. The zero-order valence-electron chi connectivity index (χ0n) is 37.8. The Morgan fingerprint density at radius 3 is 2.05 bits per heavy atom. The van der Waals surface area contributed by atoms with Gasteiger partial charge in [0.2, 0.25) is 11.8 Å². The van der Waals surface area contributed by atoms with Crippen molar-refractivity contribution in [3.05, 3.63) is 95.7 Å². The second-order valence-electron chi connectivity index (χ2n) is 19.4. The number of aromatic nitrogens is 4. The number of benzene rings is 3. The van der Waals surface area contributed by atoms with Gasteiger partial charge in [-0.15, -0.1) is 0 Å². The maximum Gasteiger partial charge on any atom is 0.407 e. The van der Waals surface area contributed by atoms with Gasteiger partial charge in [0, 0.05) is 34.7 Å². The van der Waals surface area contributed by atoms with Gasteiger partial charge in [0.1, 0.15) is 29.8 Å². The lowest BCUT2D eigenvalue weighted by molar-refractivity contribution is -0.139. The van der Waals surface area contributed by atoms with E-state index in [2.05, 4.69) is 32.2 Å². The molecule has 2 bridgehead atoms. The molecule has 66 heavy (non-hydrogen) atoms. The predicted octanol–water partition coefficient (Wildman–Crippen LogP) is 8.77. The number of nitrogens with one attached hydrogen (secondary N) is 4. The number of carbonyl (C=O) groups is 4. The van der Waals surface area contributed by atoms with Crippen molar-refractivity contribution in [2.24, 2.45) is 23.2 Å². The van der Waals surface area contributed by atoms with Crippen LogP contribution < -0.4 is 10.6 Å². The second kappa shape index (κ2) is 15.8. The number of rotatable bonds is 10. The van der Waals surface area contributed by atoms with Crippen LogP contribution in [0, 0.1) is 23.2 Å². The van der Waals surface area contributed by atoms with Crippen molar-refractivity contribution < 1.29 is 37.4 Å². The van der Waals surface area contributed by atoms with E-state index in [0.29, 0.717) is 51.7 Å². The molecule has 3 aliphatic carbocycles. The minimum Gasteiger partial charge on any atom is -0.453 e. The average Bonchev–Trinajstić information content (AvgIpc) is 3.90. The fourth-order valence-electron chi connectivity index (χ4n) is 11.1. The monoisotopic (exact) mass is 900 g/mol. The Labute approximate surface area is 380 Å². The summed E-state index contributed by atoms with van der Waals surface area (Å²) in [6.45, 7) is 12.3. The van der Waals surface area contributed by atoms with Gasteiger partial charge in [0.05, 0.1) is 43.2 Å². The quantitative estimate of drug-likeness (QED) is 0.101. The number of halogens is 2. The maximum absolute atomic E-state index is 16.7. The first-order valence-electron chi connectivity index (χ1n) is 22.8. The van der Waals surface area contributed by atoms with Crippen LogP contribution in [-0.4, -0.2) is 92.6 Å². The van der Waals surface area contributed by atoms with Crippen LogP contribution in [0.2, 0.25) is 0 Å². The van der Waals surface area contributed by atoms with Gasteiger partial charge in [-0.25, -0.2) is 19.6 Å². The van der Waals surface area contributed by atoms with Crippen LogP contribution in [-0.2, 0) is 25.0 Å². The minimum absolute atomic E-state index is 0.0413. The number of alkyl carbamates (subject to hydrolysis) is 2. The van der Waals surface area contributed by atoms with Crippen LogP contribution >= 0.6 is 0 Å². The summed E-state index contributed by atoms with van der Waals surface area (Å²) in [5.74, 6) is -2.77. The highest BCUT2D eigenvalue weighted by molar-refractivity contribution is 5.89. The van der Waals surface area contributed by atoms with Gasteiger partial charge in [0.15, 0.2) is 0 Å². The van der Waals surface area contributed by atoms with E-state index < -0.39 is 36.2 Å². The number of hydrogen-bond donors (Lipinski definition) is 4. The normalized spacial score (nSPS) is 22.8. The van der Waals surface area contributed by atoms with Crippen molar-refractivity contribution in [3.63, 3.8) is 0 Å². The number of aromatic amines is 2. The number of carbonyl (C=O) groups excluding carboxylic acids is 4. The molecule has 0 radical (unpaired) electrons. The average molecular weight is 901 g/mol. The highest BCUT2D eigenvalue weighted by Gasteiger charge is 2.58. The molecule has 1 unspecified atom stereocenters. The van der Waals surface area contributed by atoms with Crippen LogP contribution in [0.3, 0.4) is 0 Å². The van der Waals surface area contributed by atoms with E-state index in [1.807, 2.05) is 56.9 Å². The molecule has 2 aliphatic heterocycles. The molecule has 2 aromatic heterocycles. The van der Waals surface area contributed by atoms with Crippen molar-refractivity contribution in [1.82, 2.24) is 40.4 Å². The number of methoxy groups -OCH3 is 2. The smallest absolute Gasteiger partial charge is 0.407 e. The van der Waals surface area contributed by atoms with Crippen molar-refractivity contribution in [1.29, 1.82) is 0 Å². The van der Waals surface area contributed by atoms with Crippen molar-refractivity contribution in [2.75, 3.05) is 20.8 Å². The van der Waals surface area contributed by atoms with Crippen LogP contribution in [0.25, 0.3) is 44.5 Å². The second-order valence-corrected chi connectivity index (χ2v) is 19.4. The molecule has 3 aromatic carbocycles. The predicted molar refractivity (Wildman–Crippen MR) is 242 cm³/mol. The first-order chi connectivity index (χ1) is 31.5. The summed E-state index contributed by atoms with van der Waals surface area (Å²) in [6.07, 6.45) is 4.73. The number of ether oxygens (including phenoxy) is 2. The maximum atomic E-state index is 16.7. The molecule has 16 heteroatoms. The molecule has 4 N–H and O–H groups in total. The van der Waals surface area contributed by atoms with Crippen molar-refractivity contribution in [3.8, 4) is 33.5 Å². The van der Waals surface area contributed by atoms with Crippen molar-refractivity contribution >= 4 is 35.0 Å². The van der Waals surface area contributed by atoms with Crippen LogP contribution in [0.4, 0.5) is 18.4 Å². The number of imidazole rings is 2. The highest BCUT2D eigenvalue weighted by Crippen LogP contribution is 2.61. The Morgan fingerprint density at radius 1 is 0.803 bits per heavy atom. The molecule has 5 aliphatic rings. The van der Waals surface area contributed by atoms with E-state index in [0.717, 1.165) is 48.8 Å². The van der Waals surface area contributed by atoms with E-state index in [4.69, 9.17) is 14.5 Å². The molecule has 4 amide bonds. The third kappa shape index (κ3) is 6.93. The van der Waals surface area contributed by atoms with Gasteiger partial charge in [-0.3, -0.25) is 9.59 Å². The zero-order valence-corrected chi connectivity index (χ0v) is 37.8. The number of H-pyrrole nitrogens is 2. The van der Waals surface area contributed by atoms with Crippen LogP contribution in [0.1, 0.15) is 94.7 Å². The SMILES string of the molecule is C=C1[C@@H](c2ncc(-c3ccc4c(c3)C(F)(F)c3cc(-c5ccc6nc(C7[C@H]8CC[C@H](C8)N7C(=O)[C@@H](NC(=O)OC)C(C)C)[nH]c6c5)ccc3-4)[nH]2)N(C(=O)[C@@H](NC(=O)OC)C(C)C)CC12CC2. The molecule has 14 nitrogen and oxygen atoms in total. The number of piperidine rings is 1. The minimum atomic E-state index is -3.31. The van der Waals surface area contributed by atoms with E-state index in [-0.39, 0.29) is 58.2 Å². The lowest BCUT2D eigenvalue weighted by Crippen LogP contribution is -2.54. The van der Waals surface area contributed by atoms with E-state index in [9.17, 15) is 19.2 Å². The summed E-state index contributed by atoms with van der Waals surface area (Å²) in [7, 11) is 2.53. The molecule has 6 atom stereocenters. The molecule has 5 aromatic rings. The topological polar surface area (TPSA) is 175 Å². The molecule has 1 spiro atoms. The van der Waals surface area contributed by atoms with Crippen molar-refractivity contribution in [2.45, 2.75) is 95.9 Å². The van der Waals surface area contributed by atoms with Gasteiger partial charge in [0.25, 0.3) is 5.92 Å². The third-order valence-corrected chi connectivity index (χ3v) is 14.8. The number of likely N-dealkylation sites (tertiary alicyclic amines) is 2. The van der Waals surface area contributed by atoms with Gasteiger partial charge < -0.3 is 39.9 Å². The molecule has 2 saturated heterocycles. The lowest BCUT2D eigenvalue weighted by atomic mass is 9.95. The fraction of sp³-hybridized carbons (Fsp3) is 0.440. The van der Waals surface area contributed by atoms with Gasteiger partial charge in [-0.1, -0.05) is 64.6 Å². The Balaban J connectivity index is 0.904. The van der Waals surface area contributed by atoms with Gasteiger partial charge in [-0.05, 0) is 102 Å². The molecule has 10 rings (SSSR count). The van der Waals surface area contributed by atoms with Gasteiger partial charge >= 0.3 is 12.2 Å². The first-order valence-corrected chi connectivity index (χ1v) is 22.8. The Bertz CT molecular complexity index is 2830. The molecule has 4 heterocycles. The van der Waals surface area contributed by atoms with E-state index in [1.54, 1.807) is 35.4 Å². The first kappa shape index (κ1) is 43.3. The van der Waals surface area contributed by atoms with Crippen LogP contribution in [0.5, 0.6) is 0 Å². The summed E-state index contributed by atoms with van der Waals surface area (Å²) in [5.41, 5.74) is 5.14. The Hall–Kier alpha value is -6.58. The summed E-state index contributed by atoms with van der Waals surface area (Å²) in [4.78, 5) is 72.6. The summed E-state index contributed by atoms with van der Waals surface area (Å²) in [5, 5.41) is 5.42. The molecule has 4 fully saturated rings. The molecule has 344 valence electrons. The third-order valence-electron chi connectivity index (χ3n) is 14.8. The Kier molecular flexibility index (Phi) is 10.4. The number of amides is 4. The molecule has 2 saturated carbocycles.